The molecule has 7 nitrogen and oxygen atoms in total. The Labute approximate surface area is 199 Å². The lowest BCUT2D eigenvalue weighted by Gasteiger charge is -2.47. The quantitative estimate of drug-likeness (QED) is 0.419. The lowest BCUT2D eigenvalue weighted by atomic mass is 10.0. The van der Waals surface area contributed by atoms with Crippen LogP contribution in [0.15, 0.2) is 42.7 Å². The van der Waals surface area contributed by atoms with E-state index >= 15 is 0 Å². The standard InChI is InChI=1S/C24H22ClF2N7/c25-18-8-16(19(26)9-20(18)27)24-17(12-30-32-24)21-1-2-22-23(31-21)7-14(10-29-22)28-11-15-13-33-3-5-34(15)6-4-33/h1-2,7-10,12,15,28H,3-6,11,13H2,(H,30,32). The van der Waals surface area contributed by atoms with Gasteiger partial charge in [-0.15, -0.1) is 0 Å². The van der Waals surface area contributed by atoms with Crippen molar-refractivity contribution in [3.05, 3.63) is 59.4 Å². The Morgan fingerprint density at radius 2 is 1.85 bits per heavy atom. The van der Waals surface area contributed by atoms with E-state index in [1.54, 1.807) is 12.3 Å². The number of piperazine rings is 3. The Kier molecular flexibility index (Phi) is 5.40. The molecule has 3 aliphatic rings. The first-order chi connectivity index (χ1) is 16.5. The second kappa shape index (κ2) is 8.57. The fourth-order valence-electron chi connectivity index (χ4n) is 4.81. The molecule has 10 heteroatoms. The van der Waals surface area contributed by atoms with Gasteiger partial charge in [-0.3, -0.25) is 19.9 Å². The van der Waals surface area contributed by atoms with Crippen molar-refractivity contribution in [2.24, 2.45) is 0 Å². The zero-order chi connectivity index (χ0) is 23.2. The molecule has 3 saturated heterocycles. The third-order valence-corrected chi connectivity index (χ3v) is 6.96. The maximum Gasteiger partial charge on any atom is 0.144 e. The maximum absolute atomic E-state index is 14.5. The Hall–Kier alpha value is -3.14. The average molecular weight is 482 g/mol. The Morgan fingerprint density at radius 3 is 2.65 bits per heavy atom. The van der Waals surface area contributed by atoms with E-state index in [2.05, 4.69) is 30.3 Å². The van der Waals surface area contributed by atoms with Gasteiger partial charge in [0.2, 0.25) is 0 Å². The number of aromatic nitrogens is 4. The number of anilines is 1. The molecule has 3 aliphatic heterocycles. The van der Waals surface area contributed by atoms with Gasteiger partial charge in [-0.25, -0.2) is 13.8 Å². The van der Waals surface area contributed by atoms with E-state index in [1.165, 1.54) is 6.07 Å². The molecule has 1 aromatic carbocycles. The average Bonchev–Trinajstić information content (AvgIpc) is 3.35. The first-order valence-electron chi connectivity index (χ1n) is 11.2. The molecule has 174 valence electrons. The van der Waals surface area contributed by atoms with Crippen LogP contribution in [0.25, 0.3) is 33.5 Å². The first kappa shape index (κ1) is 21.4. The van der Waals surface area contributed by atoms with Crippen LogP contribution >= 0.6 is 11.6 Å². The molecule has 2 N–H and O–H groups in total. The molecule has 4 aromatic rings. The van der Waals surface area contributed by atoms with Crippen LogP contribution in [0, 0.1) is 11.6 Å². The monoisotopic (exact) mass is 481 g/mol. The van der Waals surface area contributed by atoms with Crippen molar-refractivity contribution in [1.82, 2.24) is 30.0 Å². The molecule has 0 amide bonds. The van der Waals surface area contributed by atoms with Gasteiger partial charge >= 0.3 is 0 Å². The third kappa shape index (κ3) is 3.89. The summed E-state index contributed by atoms with van der Waals surface area (Å²) in [7, 11) is 0. The topological polar surface area (TPSA) is 73.0 Å². The first-order valence-corrected chi connectivity index (χ1v) is 11.6. The van der Waals surface area contributed by atoms with E-state index in [4.69, 9.17) is 16.6 Å². The van der Waals surface area contributed by atoms with Gasteiger partial charge < -0.3 is 5.32 Å². The third-order valence-electron chi connectivity index (χ3n) is 6.67. The van der Waals surface area contributed by atoms with Crippen LogP contribution in [0.1, 0.15) is 0 Å². The summed E-state index contributed by atoms with van der Waals surface area (Å²) < 4.78 is 28.1. The minimum Gasteiger partial charge on any atom is -0.382 e. The molecule has 1 atom stereocenters. The highest BCUT2D eigenvalue weighted by Gasteiger charge is 2.31. The predicted molar refractivity (Wildman–Crippen MR) is 128 cm³/mol. The Balaban J connectivity index is 1.28. The van der Waals surface area contributed by atoms with Crippen LogP contribution in [0.5, 0.6) is 0 Å². The molecule has 1 unspecified atom stereocenters. The highest BCUT2D eigenvalue weighted by atomic mass is 35.5. The molecule has 0 radical (unpaired) electrons. The molecule has 7 rings (SSSR count). The zero-order valence-electron chi connectivity index (χ0n) is 18.2. The summed E-state index contributed by atoms with van der Waals surface area (Å²) in [6, 6.07) is 8.15. The van der Waals surface area contributed by atoms with Crippen molar-refractivity contribution in [1.29, 1.82) is 0 Å². The normalized spacial score (nSPS) is 21.8. The molecule has 0 spiro atoms. The van der Waals surface area contributed by atoms with Gasteiger partial charge in [0.1, 0.15) is 11.6 Å². The van der Waals surface area contributed by atoms with Gasteiger partial charge in [0.15, 0.2) is 0 Å². The second-order valence-electron chi connectivity index (χ2n) is 8.73. The highest BCUT2D eigenvalue weighted by molar-refractivity contribution is 6.31. The van der Waals surface area contributed by atoms with E-state index in [1.807, 2.05) is 18.3 Å². The largest absolute Gasteiger partial charge is 0.382 e. The van der Waals surface area contributed by atoms with Gasteiger partial charge in [-0.2, -0.15) is 5.10 Å². The molecule has 34 heavy (non-hydrogen) atoms. The van der Waals surface area contributed by atoms with E-state index in [0.717, 1.165) is 56.5 Å². The number of fused-ring (bicyclic) bond motifs is 4. The number of nitrogens with one attached hydrogen (secondary N) is 2. The number of hydrogen-bond acceptors (Lipinski definition) is 6. The predicted octanol–water partition coefficient (Wildman–Crippen LogP) is 4.03. The SMILES string of the molecule is Fc1cc(F)c(-c2[nH]ncc2-c2ccc3ncc(NCC4CN5CCN4CC5)cc3n2)cc1Cl. The van der Waals surface area contributed by atoms with Gasteiger partial charge in [0.25, 0.3) is 0 Å². The smallest absolute Gasteiger partial charge is 0.144 e. The highest BCUT2D eigenvalue weighted by Crippen LogP contribution is 2.34. The molecular formula is C24H22ClF2N7. The summed E-state index contributed by atoms with van der Waals surface area (Å²) in [6.07, 6.45) is 3.39. The minimum atomic E-state index is -0.811. The molecule has 3 fully saturated rings. The zero-order valence-corrected chi connectivity index (χ0v) is 19.0. The van der Waals surface area contributed by atoms with Gasteiger partial charge in [-0.1, -0.05) is 11.6 Å². The summed E-state index contributed by atoms with van der Waals surface area (Å²) in [5.74, 6) is -1.54. The molecule has 2 bridgehead atoms. The summed E-state index contributed by atoms with van der Waals surface area (Å²) in [5, 5.41) is 10.2. The van der Waals surface area contributed by atoms with E-state index in [9.17, 15) is 8.78 Å². The fourth-order valence-corrected chi connectivity index (χ4v) is 4.97. The number of hydrogen-bond donors (Lipinski definition) is 2. The Bertz CT molecular complexity index is 1370. The molecule has 6 heterocycles. The molecular weight excluding hydrogens is 460 g/mol. The number of pyridine rings is 2. The lowest BCUT2D eigenvalue weighted by Crippen LogP contribution is -2.62. The number of H-pyrrole nitrogens is 1. The second-order valence-corrected chi connectivity index (χ2v) is 9.14. The van der Waals surface area contributed by atoms with Crippen molar-refractivity contribution >= 4 is 28.3 Å². The fraction of sp³-hybridized carbons (Fsp3) is 0.292. The van der Waals surface area contributed by atoms with Crippen molar-refractivity contribution < 1.29 is 8.78 Å². The van der Waals surface area contributed by atoms with Crippen molar-refractivity contribution in [2.45, 2.75) is 6.04 Å². The number of benzene rings is 1. The van der Waals surface area contributed by atoms with Crippen LogP contribution < -0.4 is 5.32 Å². The number of rotatable bonds is 5. The van der Waals surface area contributed by atoms with Crippen molar-refractivity contribution in [2.75, 3.05) is 44.6 Å². The van der Waals surface area contributed by atoms with Gasteiger partial charge in [0, 0.05) is 62.5 Å². The van der Waals surface area contributed by atoms with E-state index in [-0.39, 0.29) is 10.6 Å². The molecule has 3 aromatic heterocycles. The summed E-state index contributed by atoms with van der Waals surface area (Å²) >= 11 is 5.89. The van der Waals surface area contributed by atoms with Crippen molar-refractivity contribution in [3.8, 4) is 22.5 Å². The number of halogens is 3. The molecule has 0 saturated carbocycles. The van der Waals surface area contributed by atoms with Crippen LogP contribution in [0.4, 0.5) is 14.5 Å². The summed E-state index contributed by atoms with van der Waals surface area (Å²) in [6.45, 7) is 6.50. The van der Waals surface area contributed by atoms with Crippen molar-refractivity contribution in [3.63, 3.8) is 0 Å². The lowest BCUT2D eigenvalue weighted by molar-refractivity contribution is 0.0189. The number of nitrogens with zero attached hydrogens (tertiary/aromatic N) is 5. The maximum atomic E-state index is 14.5. The van der Waals surface area contributed by atoms with Gasteiger partial charge in [-0.05, 0) is 24.3 Å². The van der Waals surface area contributed by atoms with Crippen LogP contribution in [0.3, 0.4) is 0 Å². The van der Waals surface area contributed by atoms with E-state index in [0.29, 0.717) is 28.5 Å². The number of aromatic amines is 1. The van der Waals surface area contributed by atoms with Crippen LogP contribution in [-0.4, -0.2) is 75.3 Å². The Morgan fingerprint density at radius 1 is 1.00 bits per heavy atom. The van der Waals surface area contributed by atoms with Crippen LogP contribution in [-0.2, 0) is 0 Å². The minimum absolute atomic E-state index is 0.127. The molecule has 0 aliphatic carbocycles. The van der Waals surface area contributed by atoms with E-state index < -0.39 is 11.6 Å². The van der Waals surface area contributed by atoms with Crippen LogP contribution in [0.2, 0.25) is 5.02 Å². The van der Waals surface area contributed by atoms with Gasteiger partial charge in [0.05, 0.1) is 45.5 Å². The summed E-state index contributed by atoms with van der Waals surface area (Å²) in [5.41, 5.74) is 4.05. The summed E-state index contributed by atoms with van der Waals surface area (Å²) in [4.78, 5) is 14.3.